The van der Waals surface area contributed by atoms with Crippen molar-refractivity contribution in [1.82, 2.24) is 25.8 Å². The van der Waals surface area contributed by atoms with Gasteiger partial charge in [-0.3, -0.25) is 5.10 Å². The summed E-state index contributed by atoms with van der Waals surface area (Å²) in [5.74, 6) is 2.73. The van der Waals surface area contributed by atoms with Crippen molar-refractivity contribution < 1.29 is 13.2 Å². The van der Waals surface area contributed by atoms with Gasteiger partial charge in [0.1, 0.15) is 28.0 Å². The molecule has 3 N–H and O–H groups in total. The quantitative estimate of drug-likeness (QED) is 0.423. The number of hydrogen-bond donors (Lipinski definition) is 3. The number of guanidine groups is 1. The SMILES string of the molecule is CCNC(=NCc1nc(-c2ccc(OC)cc2)n[nH]1)NC(C)CCS(C)(=O)=O. The number of methoxy groups -OCH3 is 1. The standard InChI is InChI=1S/C18H28N6O3S/c1-5-19-18(21-13(2)10-11-28(4,25)26)20-12-16-22-17(24-23-16)14-6-8-15(27-3)9-7-14/h6-9,13H,5,10-12H2,1-4H3,(H2,19,20,21)(H,22,23,24). The second kappa shape index (κ2) is 10.1. The van der Waals surface area contributed by atoms with Gasteiger partial charge in [0.25, 0.3) is 0 Å². The molecular formula is C18H28N6O3S. The van der Waals surface area contributed by atoms with Crippen LogP contribution in [-0.2, 0) is 16.4 Å². The summed E-state index contributed by atoms with van der Waals surface area (Å²) in [6.45, 7) is 4.90. The second-order valence-corrected chi connectivity index (χ2v) is 8.75. The Morgan fingerprint density at radius 3 is 2.64 bits per heavy atom. The number of aromatic nitrogens is 3. The summed E-state index contributed by atoms with van der Waals surface area (Å²) >= 11 is 0. The normalized spacial score (nSPS) is 13.2. The van der Waals surface area contributed by atoms with Crippen LogP contribution in [0.4, 0.5) is 0 Å². The summed E-state index contributed by atoms with van der Waals surface area (Å²) in [7, 11) is -1.36. The average Bonchev–Trinajstić information content (AvgIpc) is 3.13. The number of H-pyrrole nitrogens is 1. The van der Waals surface area contributed by atoms with Crippen LogP contribution in [0.15, 0.2) is 29.3 Å². The molecule has 1 aromatic heterocycles. The van der Waals surface area contributed by atoms with Gasteiger partial charge in [-0.25, -0.2) is 18.4 Å². The lowest BCUT2D eigenvalue weighted by Crippen LogP contribution is -2.42. The molecule has 0 aliphatic carbocycles. The van der Waals surface area contributed by atoms with Crippen LogP contribution in [0.3, 0.4) is 0 Å². The van der Waals surface area contributed by atoms with Gasteiger partial charge in [0.2, 0.25) is 0 Å². The first-order valence-electron chi connectivity index (χ1n) is 9.09. The van der Waals surface area contributed by atoms with E-state index in [0.717, 1.165) is 11.3 Å². The first-order valence-corrected chi connectivity index (χ1v) is 11.1. The molecule has 0 bridgehead atoms. The van der Waals surface area contributed by atoms with Crippen LogP contribution in [0.5, 0.6) is 5.75 Å². The summed E-state index contributed by atoms with van der Waals surface area (Å²) < 4.78 is 27.8. The number of aromatic amines is 1. The monoisotopic (exact) mass is 408 g/mol. The molecule has 9 nitrogen and oxygen atoms in total. The lowest BCUT2D eigenvalue weighted by atomic mass is 10.2. The van der Waals surface area contributed by atoms with Crippen LogP contribution in [0.25, 0.3) is 11.4 Å². The van der Waals surface area contributed by atoms with Gasteiger partial charge in [0.05, 0.1) is 12.9 Å². The molecule has 0 saturated heterocycles. The highest BCUT2D eigenvalue weighted by molar-refractivity contribution is 7.90. The summed E-state index contributed by atoms with van der Waals surface area (Å²) in [5, 5.41) is 13.5. The highest BCUT2D eigenvalue weighted by atomic mass is 32.2. The van der Waals surface area contributed by atoms with Crippen molar-refractivity contribution in [2.45, 2.75) is 32.9 Å². The first kappa shape index (κ1) is 21.7. The van der Waals surface area contributed by atoms with E-state index < -0.39 is 9.84 Å². The van der Waals surface area contributed by atoms with Gasteiger partial charge in [-0.2, -0.15) is 5.10 Å². The largest absolute Gasteiger partial charge is 0.497 e. The van der Waals surface area contributed by atoms with E-state index in [0.29, 0.717) is 37.1 Å². The van der Waals surface area contributed by atoms with Crippen molar-refractivity contribution >= 4 is 15.8 Å². The van der Waals surface area contributed by atoms with Gasteiger partial charge in [-0.15, -0.1) is 0 Å². The van der Waals surface area contributed by atoms with E-state index in [1.54, 1.807) is 7.11 Å². The molecule has 28 heavy (non-hydrogen) atoms. The fraction of sp³-hybridized carbons (Fsp3) is 0.500. The van der Waals surface area contributed by atoms with E-state index >= 15 is 0 Å². The number of rotatable bonds is 9. The third-order valence-corrected chi connectivity index (χ3v) is 4.89. The van der Waals surface area contributed by atoms with Crippen molar-refractivity contribution in [3.05, 3.63) is 30.1 Å². The van der Waals surface area contributed by atoms with Gasteiger partial charge in [0.15, 0.2) is 11.8 Å². The maximum atomic E-state index is 11.3. The molecule has 0 fully saturated rings. The number of nitrogens with one attached hydrogen (secondary N) is 3. The molecule has 1 aromatic carbocycles. The Balaban J connectivity index is 1.99. The first-order chi connectivity index (χ1) is 13.3. The van der Waals surface area contributed by atoms with Crippen molar-refractivity contribution in [1.29, 1.82) is 0 Å². The van der Waals surface area contributed by atoms with Crippen molar-refractivity contribution in [2.75, 3.05) is 25.7 Å². The van der Waals surface area contributed by atoms with Crippen LogP contribution < -0.4 is 15.4 Å². The minimum absolute atomic E-state index is 0.0305. The molecule has 0 spiro atoms. The Hall–Kier alpha value is -2.62. The topological polar surface area (TPSA) is 121 Å². The fourth-order valence-corrected chi connectivity index (χ4v) is 3.19. The molecule has 0 amide bonds. The number of ether oxygens (including phenoxy) is 1. The van der Waals surface area contributed by atoms with E-state index in [2.05, 4.69) is 30.8 Å². The van der Waals surface area contributed by atoms with Crippen molar-refractivity contribution in [3.8, 4) is 17.1 Å². The Bertz CT molecular complexity index is 877. The molecule has 0 aliphatic rings. The van der Waals surface area contributed by atoms with Crippen LogP contribution in [0.2, 0.25) is 0 Å². The fourth-order valence-electron chi connectivity index (χ4n) is 2.41. The third-order valence-electron chi connectivity index (χ3n) is 3.92. The molecule has 1 heterocycles. The van der Waals surface area contributed by atoms with Gasteiger partial charge in [-0.1, -0.05) is 0 Å². The van der Waals surface area contributed by atoms with Crippen LogP contribution in [-0.4, -0.2) is 61.3 Å². The lowest BCUT2D eigenvalue weighted by molar-refractivity contribution is 0.415. The predicted molar refractivity (Wildman–Crippen MR) is 110 cm³/mol. The Labute approximate surface area is 165 Å². The summed E-state index contributed by atoms with van der Waals surface area (Å²) in [4.78, 5) is 8.96. The zero-order chi connectivity index (χ0) is 20.6. The maximum absolute atomic E-state index is 11.3. The molecular weight excluding hydrogens is 380 g/mol. The van der Waals surface area contributed by atoms with Gasteiger partial charge >= 0.3 is 0 Å². The number of nitrogens with zero attached hydrogens (tertiary/aromatic N) is 3. The van der Waals surface area contributed by atoms with E-state index in [9.17, 15) is 8.42 Å². The Kier molecular flexibility index (Phi) is 7.80. The molecule has 2 rings (SSSR count). The summed E-state index contributed by atoms with van der Waals surface area (Å²) in [6, 6.07) is 7.47. The molecule has 0 aliphatic heterocycles. The predicted octanol–water partition coefficient (Wildman–Crippen LogP) is 1.36. The number of benzene rings is 1. The highest BCUT2D eigenvalue weighted by Gasteiger charge is 2.10. The lowest BCUT2D eigenvalue weighted by Gasteiger charge is -2.17. The minimum Gasteiger partial charge on any atom is -0.497 e. The van der Waals surface area contributed by atoms with E-state index in [4.69, 9.17) is 4.74 Å². The van der Waals surface area contributed by atoms with E-state index in [1.807, 2.05) is 38.1 Å². The molecule has 154 valence electrons. The van der Waals surface area contributed by atoms with Crippen molar-refractivity contribution in [3.63, 3.8) is 0 Å². The Morgan fingerprint density at radius 2 is 2.04 bits per heavy atom. The van der Waals surface area contributed by atoms with Crippen LogP contribution in [0, 0.1) is 0 Å². The zero-order valence-electron chi connectivity index (χ0n) is 16.7. The van der Waals surface area contributed by atoms with Gasteiger partial charge in [0, 0.05) is 24.4 Å². The highest BCUT2D eigenvalue weighted by Crippen LogP contribution is 2.18. The van der Waals surface area contributed by atoms with Crippen LogP contribution in [0.1, 0.15) is 26.1 Å². The van der Waals surface area contributed by atoms with Gasteiger partial charge < -0.3 is 15.4 Å². The smallest absolute Gasteiger partial charge is 0.191 e. The Morgan fingerprint density at radius 1 is 1.32 bits per heavy atom. The van der Waals surface area contributed by atoms with Crippen LogP contribution >= 0.6 is 0 Å². The molecule has 1 atom stereocenters. The summed E-state index contributed by atoms with van der Waals surface area (Å²) in [5.41, 5.74) is 0.881. The average molecular weight is 409 g/mol. The minimum atomic E-state index is -2.98. The molecule has 10 heteroatoms. The zero-order valence-corrected chi connectivity index (χ0v) is 17.5. The van der Waals surface area contributed by atoms with E-state index in [1.165, 1.54) is 6.26 Å². The maximum Gasteiger partial charge on any atom is 0.191 e. The number of aliphatic imine (C=N–C) groups is 1. The molecule has 0 saturated carbocycles. The third kappa shape index (κ3) is 7.18. The molecule has 0 radical (unpaired) electrons. The van der Waals surface area contributed by atoms with Gasteiger partial charge in [-0.05, 0) is 44.5 Å². The number of sulfone groups is 1. The van der Waals surface area contributed by atoms with E-state index in [-0.39, 0.29) is 11.8 Å². The second-order valence-electron chi connectivity index (χ2n) is 6.49. The van der Waals surface area contributed by atoms with Crippen molar-refractivity contribution in [2.24, 2.45) is 4.99 Å². The summed E-state index contributed by atoms with van der Waals surface area (Å²) in [6.07, 6.45) is 1.75. The molecule has 2 aromatic rings. The molecule has 1 unspecified atom stereocenters. The number of hydrogen-bond acceptors (Lipinski definition) is 6.